The highest BCUT2D eigenvalue weighted by molar-refractivity contribution is 7.92. The molecule has 8 heteroatoms. The molecule has 0 saturated carbocycles. The van der Waals surface area contributed by atoms with Gasteiger partial charge in [-0.05, 0) is 64.9 Å². The molecule has 0 spiro atoms. The van der Waals surface area contributed by atoms with Gasteiger partial charge in [0.25, 0.3) is 5.91 Å². The lowest BCUT2D eigenvalue weighted by molar-refractivity contribution is -0.114. The van der Waals surface area contributed by atoms with Crippen LogP contribution in [0, 0.1) is 0 Å². The van der Waals surface area contributed by atoms with E-state index in [0.29, 0.717) is 28.5 Å². The van der Waals surface area contributed by atoms with Crippen molar-refractivity contribution in [2.24, 2.45) is 0 Å². The van der Waals surface area contributed by atoms with Crippen molar-refractivity contribution in [1.29, 1.82) is 0 Å². The van der Waals surface area contributed by atoms with Crippen LogP contribution in [0.5, 0.6) is 0 Å². The molecule has 0 fully saturated rings. The maximum absolute atomic E-state index is 12.8. The molecule has 7 nitrogen and oxygen atoms in total. The number of anilines is 3. The molecule has 0 atom stereocenters. The third-order valence-electron chi connectivity index (χ3n) is 5.95. The fourth-order valence-corrected chi connectivity index (χ4v) is 4.61. The van der Waals surface area contributed by atoms with Crippen molar-refractivity contribution < 1.29 is 18.0 Å². The molecule has 2 N–H and O–H groups in total. The quantitative estimate of drug-likeness (QED) is 0.394. The highest BCUT2D eigenvalue weighted by Crippen LogP contribution is 2.24. The van der Waals surface area contributed by atoms with Gasteiger partial charge in [0.1, 0.15) is 6.54 Å². The Balaban J connectivity index is 1.69. The van der Waals surface area contributed by atoms with Gasteiger partial charge >= 0.3 is 0 Å². The summed E-state index contributed by atoms with van der Waals surface area (Å²) in [5, 5.41) is 5.56. The van der Waals surface area contributed by atoms with E-state index in [9.17, 15) is 18.0 Å². The minimum atomic E-state index is -3.69. The van der Waals surface area contributed by atoms with Crippen molar-refractivity contribution in [3.8, 4) is 0 Å². The number of nitrogens with one attached hydrogen (secondary N) is 2. The molecular weight excluding hydrogens is 486 g/mol. The van der Waals surface area contributed by atoms with Crippen LogP contribution in [-0.2, 0) is 20.2 Å². The van der Waals surface area contributed by atoms with Gasteiger partial charge in [0.2, 0.25) is 15.9 Å². The van der Waals surface area contributed by atoms with E-state index in [4.69, 9.17) is 0 Å². The van der Waals surface area contributed by atoms with Crippen LogP contribution in [0.4, 0.5) is 17.1 Å². The van der Waals surface area contributed by atoms with Crippen LogP contribution in [0.15, 0.2) is 72.8 Å². The van der Waals surface area contributed by atoms with Crippen molar-refractivity contribution >= 4 is 38.9 Å². The topological polar surface area (TPSA) is 95.6 Å². The van der Waals surface area contributed by atoms with Crippen LogP contribution in [-0.4, -0.2) is 33.0 Å². The average molecular weight is 522 g/mol. The summed E-state index contributed by atoms with van der Waals surface area (Å²) in [6.07, 6.45) is 1.07. The predicted molar refractivity (Wildman–Crippen MR) is 151 cm³/mol. The standard InChI is InChI=1S/C29H35N3O4S/c1-20(2)21-12-16-26(17-13-21)32(37(6,35)36)19-27(33)30-24-8-7-9-25(18-24)31-28(34)22-10-14-23(15-11-22)29(3,4)5/h7-18,20H,19H2,1-6H3,(H,30,33)(H,31,34). The van der Waals surface area contributed by atoms with E-state index in [1.165, 1.54) is 0 Å². The van der Waals surface area contributed by atoms with E-state index >= 15 is 0 Å². The number of nitrogens with zero attached hydrogens (tertiary/aromatic N) is 1. The molecule has 0 aromatic heterocycles. The number of carbonyl (C=O) groups is 2. The number of rotatable bonds is 8. The Labute approximate surface area is 220 Å². The molecule has 0 aliphatic rings. The molecule has 0 heterocycles. The first-order valence-corrected chi connectivity index (χ1v) is 14.0. The first-order chi connectivity index (χ1) is 17.2. The minimum absolute atomic E-state index is 0.00817. The summed E-state index contributed by atoms with van der Waals surface area (Å²) in [6, 6.07) is 21.3. The second-order valence-corrected chi connectivity index (χ2v) is 12.3. The maximum Gasteiger partial charge on any atom is 0.255 e. The predicted octanol–water partition coefficient (Wildman–Crippen LogP) is 5.76. The van der Waals surface area contributed by atoms with Gasteiger partial charge in [-0.1, -0.05) is 65.0 Å². The molecule has 0 radical (unpaired) electrons. The van der Waals surface area contributed by atoms with Crippen LogP contribution in [0.25, 0.3) is 0 Å². The number of hydrogen-bond donors (Lipinski definition) is 2. The van der Waals surface area contributed by atoms with Gasteiger partial charge < -0.3 is 10.6 Å². The Bertz CT molecular complexity index is 1360. The average Bonchev–Trinajstić information content (AvgIpc) is 2.81. The second-order valence-electron chi connectivity index (χ2n) is 10.4. The first-order valence-electron chi connectivity index (χ1n) is 12.1. The minimum Gasteiger partial charge on any atom is -0.324 e. The Morgan fingerprint density at radius 2 is 1.43 bits per heavy atom. The van der Waals surface area contributed by atoms with Gasteiger partial charge in [-0.15, -0.1) is 0 Å². The molecule has 196 valence electrons. The van der Waals surface area contributed by atoms with E-state index in [-0.39, 0.29) is 17.9 Å². The van der Waals surface area contributed by atoms with Crippen LogP contribution in [0.2, 0.25) is 0 Å². The molecule has 0 aliphatic carbocycles. The van der Waals surface area contributed by atoms with Gasteiger partial charge in [-0.3, -0.25) is 13.9 Å². The van der Waals surface area contributed by atoms with E-state index in [1.54, 1.807) is 48.5 Å². The van der Waals surface area contributed by atoms with E-state index in [0.717, 1.165) is 21.7 Å². The summed E-state index contributed by atoms with van der Waals surface area (Å²) < 4.78 is 25.9. The number of sulfonamides is 1. The fourth-order valence-electron chi connectivity index (χ4n) is 3.76. The zero-order chi connectivity index (χ0) is 27.4. The summed E-state index contributed by atoms with van der Waals surface area (Å²) in [5.41, 5.74) is 4.08. The van der Waals surface area contributed by atoms with Crippen molar-refractivity contribution in [2.45, 2.75) is 46.0 Å². The normalized spacial score (nSPS) is 11.8. The van der Waals surface area contributed by atoms with Gasteiger partial charge in [-0.2, -0.15) is 0 Å². The van der Waals surface area contributed by atoms with Gasteiger partial charge in [0.05, 0.1) is 11.9 Å². The van der Waals surface area contributed by atoms with Crippen molar-refractivity contribution in [3.05, 3.63) is 89.5 Å². The number of carbonyl (C=O) groups excluding carboxylic acids is 2. The van der Waals surface area contributed by atoms with Crippen molar-refractivity contribution in [3.63, 3.8) is 0 Å². The van der Waals surface area contributed by atoms with E-state index in [1.807, 2.05) is 24.3 Å². The number of hydrogen-bond acceptors (Lipinski definition) is 4. The molecule has 3 aromatic carbocycles. The Hall–Kier alpha value is -3.65. The molecule has 3 aromatic rings. The first kappa shape index (κ1) is 27.9. The molecule has 0 unspecified atom stereocenters. The third kappa shape index (κ3) is 7.67. The molecule has 0 bridgehead atoms. The van der Waals surface area contributed by atoms with Crippen LogP contribution >= 0.6 is 0 Å². The fraction of sp³-hybridized carbons (Fsp3) is 0.310. The van der Waals surface area contributed by atoms with E-state index in [2.05, 4.69) is 45.3 Å². The Morgan fingerprint density at radius 1 is 0.865 bits per heavy atom. The lowest BCUT2D eigenvalue weighted by Gasteiger charge is -2.22. The molecule has 0 aliphatic heterocycles. The molecule has 3 rings (SSSR count). The Morgan fingerprint density at radius 3 is 1.95 bits per heavy atom. The second kappa shape index (κ2) is 11.2. The van der Waals surface area contributed by atoms with Crippen LogP contribution in [0.3, 0.4) is 0 Å². The Kier molecular flexibility index (Phi) is 8.43. The lowest BCUT2D eigenvalue weighted by atomic mass is 9.87. The number of amides is 2. The summed E-state index contributed by atoms with van der Waals surface area (Å²) in [5.74, 6) is -0.462. The monoisotopic (exact) mass is 521 g/mol. The summed E-state index contributed by atoms with van der Waals surface area (Å²) in [7, 11) is -3.69. The van der Waals surface area contributed by atoms with E-state index < -0.39 is 15.9 Å². The molecule has 37 heavy (non-hydrogen) atoms. The van der Waals surface area contributed by atoms with Crippen LogP contribution in [0.1, 0.15) is 62.0 Å². The maximum atomic E-state index is 12.8. The molecular formula is C29H35N3O4S. The lowest BCUT2D eigenvalue weighted by Crippen LogP contribution is -2.37. The van der Waals surface area contributed by atoms with Gasteiger partial charge in [0, 0.05) is 16.9 Å². The van der Waals surface area contributed by atoms with Crippen molar-refractivity contribution in [1.82, 2.24) is 0 Å². The number of benzene rings is 3. The summed E-state index contributed by atoms with van der Waals surface area (Å²) in [6.45, 7) is 10.1. The highest BCUT2D eigenvalue weighted by Gasteiger charge is 2.21. The summed E-state index contributed by atoms with van der Waals surface area (Å²) >= 11 is 0. The zero-order valence-electron chi connectivity index (χ0n) is 22.2. The summed E-state index contributed by atoms with van der Waals surface area (Å²) in [4.78, 5) is 25.5. The molecule has 0 saturated heterocycles. The third-order valence-corrected chi connectivity index (χ3v) is 7.09. The largest absolute Gasteiger partial charge is 0.324 e. The van der Waals surface area contributed by atoms with Crippen LogP contribution < -0.4 is 14.9 Å². The molecule has 2 amide bonds. The van der Waals surface area contributed by atoms with Gasteiger partial charge in [0.15, 0.2) is 0 Å². The SMILES string of the molecule is CC(C)c1ccc(N(CC(=O)Nc2cccc(NC(=O)c3ccc(C(C)(C)C)cc3)c2)S(C)(=O)=O)cc1. The zero-order valence-corrected chi connectivity index (χ0v) is 23.0. The van der Waals surface area contributed by atoms with Crippen molar-refractivity contribution in [2.75, 3.05) is 27.7 Å². The highest BCUT2D eigenvalue weighted by atomic mass is 32.2. The smallest absolute Gasteiger partial charge is 0.255 e. The van der Waals surface area contributed by atoms with Gasteiger partial charge in [-0.25, -0.2) is 8.42 Å².